The summed E-state index contributed by atoms with van der Waals surface area (Å²) in [5.74, 6) is 0.157. The highest BCUT2D eigenvalue weighted by atomic mass is 16.6. The zero-order valence-electron chi connectivity index (χ0n) is 19.7. The third-order valence-corrected chi connectivity index (χ3v) is 6.17. The summed E-state index contributed by atoms with van der Waals surface area (Å²) in [6, 6.07) is 0. The lowest BCUT2D eigenvalue weighted by molar-refractivity contribution is 0.0203. The van der Waals surface area contributed by atoms with Gasteiger partial charge in [-0.3, -0.25) is 9.48 Å². The molecular formula is C23H39N5O3. The maximum atomic E-state index is 12.9. The van der Waals surface area contributed by atoms with Crippen LogP contribution in [0.3, 0.4) is 0 Å². The van der Waals surface area contributed by atoms with Gasteiger partial charge in [-0.1, -0.05) is 12.8 Å². The highest BCUT2D eigenvalue weighted by Gasteiger charge is 2.31. The highest BCUT2D eigenvalue weighted by Crippen LogP contribution is 2.30. The van der Waals surface area contributed by atoms with Crippen molar-refractivity contribution in [2.75, 3.05) is 39.3 Å². The van der Waals surface area contributed by atoms with Crippen LogP contribution in [-0.2, 0) is 11.8 Å². The molecule has 2 fully saturated rings. The molecule has 0 unspecified atom stereocenters. The molecule has 1 N–H and O–H groups in total. The number of piperidine rings is 1. The van der Waals surface area contributed by atoms with E-state index in [2.05, 4.69) is 15.3 Å². The lowest BCUT2D eigenvalue weighted by Crippen LogP contribution is -2.41. The molecule has 2 aliphatic rings. The summed E-state index contributed by atoms with van der Waals surface area (Å²) < 4.78 is 7.31. The first-order valence-corrected chi connectivity index (χ1v) is 11.7. The molecule has 31 heavy (non-hydrogen) atoms. The van der Waals surface area contributed by atoms with Crippen molar-refractivity contribution in [2.45, 2.75) is 70.8 Å². The number of likely N-dealkylation sites (tertiary alicyclic amines) is 2. The number of hydrogen-bond acceptors (Lipinski definition) is 5. The topological polar surface area (TPSA) is 79.7 Å². The fourth-order valence-corrected chi connectivity index (χ4v) is 4.55. The Kier molecular flexibility index (Phi) is 7.97. The van der Waals surface area contributed by atoms with Crippen LogP contribution >= 0.6 is 0 Å². The van der Waals surface area contributed by atoms with Crippen LogP contribution in [0.15, 0.2) is 6.20 Å². The third-order valence-electron chi connectivity index (χ3n) is 6.17. The van der Waals surface area contributed by atoms with Gasteiger partial charge < -0.3 is 19.9 Å². The van der Waals surface area contributed by atoms with Gasteiger partial charge in [0.25, 0.3) is 5.91 Å². The summed E-state index contributed by atoms with van der Waals surface area (Å²) in [5, 5.41) is 7.46. The van der Waals surface area contributed by atoms with Gasteiger partial charge in [-0.05, 0) is 59.5 Å². The smallest absolute Gasteiger partial charge is 0.410 e. The fraction of sp³-hybridized carbons (Fsp3) is 0.783. The van der Waals surface area contributed by atoms with Crippen molar-refractivity contribution in [3.8, 4) is 0 Å². The molecule has 2 saturated heterocycles. The van der Waals surface area contributed by atoms with Crippen LogP contribution in [0.2, 0.25) is 0 Å². The van der Waals surface area contributed by atoms with Crippen molar-refractivity contribution >= 4 is 12.0 Å². The molecule has 0 spiro atoms. The van der Waals surface area contributed by atoms with Crippen LogP contribution in [0, 0.1) is 0 Å². The van der Waals surface area contributed by atoms with E-state index >= 15 is 0 Å². The van der Waals surface area contributed by atoms with E-state index in [1.165, 1.54) is 25.7 Å². The normalized spacial score (nSPS) is 19.2. The molecule has 3 heterocycles. The quantitative estimate of drug-likeness (QED) is 0.772. The summed E-state index contributed by atoms with van der Waals surface area (Å²) in [5.41, 5.74) is 1.14. The number of aryl methyl sites for hydroxylation is 1. The average Bonchev–Trinajstić information content (AvgIpc) is 2.92. The van der Waals surface area contributed by atoms with E-state index in [0.717, 1.165) is 38.2 Å². The van der Waals surface area contributed by atoms with Crippen LogP contribution in [0.4, 0.5) is 4.79 Å². The maximum absolute atomic E-state index is 12.9. The van der Waals surface area contributed by atoms with E-state index in [9.17, 15) is 9.59 Å². The summed E-state index contributed by atoms with van der Waals surface area (Å²) in [6.07, 6.45) is 8.15. The van der Waals surface area contributed by atoms with E-state index in [1.807, 2.05) is 32.5 Å². The molecule has 2 aliphatic heterocycles. The molecule has 3 rings (SSSR count). The predicted octanol–water partition coefficient (Wildman–Crippen LogP) is 3.14. The van der Waals surface area contributed by atoms with Crippen molar-refractivity contribution in [3.63, 3.8) is 0 Å². The second kappa shape index (κ2) is 10.5. The Labute approximate surface area is 186 Å². The monoisotopic (exact) mass is 433 g/mol. The van der Waals surface area contributed by atoms with Crippen molar-refractivity contribution in [2.24, 2.45) is 7.05 Å². The van der Waals surface area contributed by atoms with E-state index < -0.39 is 5.60 Å². The fourth-order valence-electron chi connectivity index (χ4n) is 4.55. The summed E-state index contributed by atoms with van der Waals surface area (Å²) in [6.45, 7) is 10.7. The Morgan fingerprint density at radius 1 is 1.10 bits per heavy atom. The first-order chi connectivity index (χ1) is 14.7. The number of amides is 2. The lowest BCUT2D eigenvalue weighted by Gasteiger charge is -2.33. The SMILES string of the molecule is Cn1ncc(C(=O)NCCN2CCCCCC2)c1C1CCN(C(=O)OC(C)(C)C)CC1. The minimum Gasteiger partial charge on any atom is -0.444 e. The zero-order valence-corrected chi connectivity index (χ0v) is 19.7. The second-order valence-corrected chi connectivity index (χ2v) is 9.82. The number of aromatic nitrogens is 2. The summed E-state index contributed by atoms with van der Waals surface area (Å²) >= 11 is 0. The van der Waals surface area contributed by atoms with Gasteiger partial charge in [0.15, 0.2) is 0 Å². The first kappa shape index (κ1) is 23.6. The zero-order chi connectivity index (χ0) is 22.4. The molecule has 8 nitrogen and oxygen atoms in total. The number of nitrogens with zero attached hydrogens (tertiary/aromatic N) is 4. The molecule has 0 radical (unpaired) electrons. The largest absolute Gasteiger partial charge is 0.444 e. The van der Waals surface area contributed by atoms with Crippen molar-refractivity contribution < 1.29 is 14.3 Å². The van der Waals surface area contributed by atoms with Crippen molar-refractivity contribution in [3.05, 3.63) is 17.5 Å². The summed E-state index contributed by atoms with van der Waals surface area (Å²) in [7, 11) is 1.89. The lowest BCUT2D eigenvalue weighted by atomic mass is 9.91. The Morgan fingerprint density at radius 3 is 2.35 bits per heavy atom. The van der Waals surface area contributed by atoms with E-state index in [0.29, 0.717) is 25.2 Å². The van der Waals surface area contributed by atoms with Gasteiger partial charge in [0.05, 0.1) is 17.5 Å². The Balaban J connectivity index is 1.53. The molecule has 1 aromatic rings. The first-order valence-electron chi connectivity index (χ1n) is 11.7. The van der Waals surface area contributed by atoms with Crippen LogP contribution in [0.1, 0.15) is 81.3 Å². The van der Waals surface area contributed by atoms with Gasteiger partial charge in [-0.2, -0.15) is 5.10 Å². The predicted molar refractivity (Wildman–Crippen MR) is 120 cm³/mol. The Bertz CT molecular complexity index is 739. The van der Waals surface area contributed by atoms with Gasteiger partial charge in [-0.15, -0.1) is 0 Å². The standard InChI is InChI=1S/C23H39N5O3/c1-23(2,3)31-22(30)28-14-9-18(10-15-28)20-19(17-25-26(20)4)21(29)24-11-16-27-12-7-5-6-8-13-27/h17-18H,5-16H2,1-4H3,(H,24,29). The molecular weight excluding hydrogens is 394 g/mol. The van der Waals surface area contributed by atoms with Gasteiger partial charge >= 0.3 is 6.09 Å². The number of ether oxygens (including phenoxy) is 1. The number of rotatable bonds is 5. The average molecular weight is 434 g/mol. The molecule has 2 amide bonds. The van der Waals surface area contributed by atoms with E-state index in [-0.39, 0.29) is 17.9 Å². The number of hydrogen-bond donors (Lipinski definition) is 1. The molecule has 0 aliphatic carbocycles. The van der Waals surface area contributed by atoms with Crippen LogP contribution in [0.25, 0.3) is 0 Å². The van der Waals surface area contributed by atoms with Crippen molar-refractivity contribution in [1.82, 2.24) is 24.9 Å². The Hall–Kier alpha value is -2.09. The Morgan fingerprint density at radius 2 is 1.74 bits per heavy atom. The van der Waals surface area contributed by atoms with Crippen LogP contribution < -0.4 is 5.32 Å². The highest BCUT2D eigenvalue weighted by molar-refractivity contribution is 5.95. The maximum Gasteiger partial charge on any atom is 0.410 e. The van der Waals surface area contributed by atoms with E-state index in [1.54, 1.807) is 11.1 Å². The molecule has 0 saturated carbocycles. The van der Waals surface area contributed by atoms with Crippen LogP contribution in [-0.4, -0.2) is 76.5 Å². The van der Waals surface area contributed by atoms with Crippen molar-refractivity contribution in [1.29, 1.82) is 0 Å². The number of carbonyl (C=O) groups excluding carboxylic acids is 2. The van der Waals surface area contributed by atoms with Gasteiger partial charge in [0.2, 0.25) is 0 Å². The molecule has 1 aromatic heterocycles. The minimum atomic E-state index is -0.492. The second-order valence-electron chi connectivity index (χ2n) is 9.82. The molecule has 0 atom stereocenters. The minimum absolute atomic E-state index is 0.0486. The molecule has 8 heteroatoms. The van der Waals surface area contributed by atoms with Crippen LogP contribution in [0.5, 0.6) is 0 Å². The number of nitrogens with one attached hydrogen (secondary N) is 1. The van der Waals surface area contributed by atoms with Gasteiger partial charge in [0.1, 0.15) is 5.60 Å². The van der Waals surface area contributed by atoms with Gasteiger partial charge in [-0.25, -0.2) is 4.79 Å². The summed E-state index contributed by atoms with van der Waals surface area (Å²) in [4.78, 5) is 29.4. The molecule has 174 valence electrons. The number of carbonyl (C=O) groups is 2. The van der Waals surface area contributed by atoms with E-state index in [4.69, 9.17) is 4.74 Å². The molecule has 0 aromatic carbocycles. The third kappa shape index (κ3) is 6.69. The molecule has 0 bridgehead atoms. The van der Waals surface area contributed by atoms with Gasteiger partial charge in [0, 0.05) is 39.1 Å².